The number of rotatable bonds is 6. The summed E-state index contributed by atoms with van der Waals surface area (Å²) in [4.78, 5) is 14.4. The van der Waals surface area contributed by atoms with Gasteiger partial charge in [-0.1, -0.05) is 48.5 Å². The zero-order valence-corrected chi connectivity index (χ0v) is 14.3. The van der Waals surface area contributed by atoms with Crippen LogP contribution in [0.5, 0.6) is 5.88 Å². The first-order chi connectivity index (χ1) is 12.2. The molecule has 3 rings (SSSR count). The average Bonchev–Trinajstić information content (AvgIpc) is 3.12. The van der Waals surface area contributed by atoms with Gasteiger partial charge in [0.05, 0.1) is 6.07 Å². The van der Waals surface area contributed by atoms with Crippen molar-refractivity contribution in [3.63, 3.8) is 0 Å². The highest BCUT2D eigenvalue weighted by atomic mass is 16.5. The molecule has 1 heterocycles. The van der Waals surface area contributed by atoms with Crippen LogP contribution in [0.4, 0.5) is 5.69 Å². The second-order valence-electron chi connectivity index (χ2n) is 5.64. The summed E-state index contributed by atoms with van der Waals surface area (Å²) in [6.45, 7) is 4.80. The van der Waals surface area contributed by atoms with Gasteiger partial charge in [-0.3, -0.25) is 4.79 Å². The van der Waals surface area contributed by atoms with Crippen LogP contribution < -0.4 is 9.64 Å². The number of carbonyl (C=O) groups is 1. The van der Waals surface area contributed by atoms with Crippen molar-refractivity contribution in [2.24, 2.45) is 0 Å². The molecule has 0 aliphatic heterocycles. The van der Waals surface area contributed by atoms with E-state index >= 15 is 0 Å². The van der Waals surface area contributed by atoms with E-state index < -0.39 is 0 Å². The number of hydrogen-bond acceptors (Lipinski definition) is 4. The van der Waals surface area contributed by atoms with Crippen molar-refractivity contribution in [2.75, 3.05) is 11.4 Å². The zero-order valence-electron chi connectivity index (χ0n) is 14.3. The second kappa shape index (κ2) is 7.66. The summed E-state index contributed by atoms with van der Waals surface area (Å²) in [5.74, 6) is 0.222. The molecule has 0 radical (unpaired) electrons. The van der Waals surface area contributed by atoms with Gasteiger partial charge in [0.2, 0.25) is 5.76 Å². The molecule has 1 amide bonds. The van der Waals surface area contributed by atoms with E-state index in [0.717, 1.165) is 16.8 Å². The minimum Gasteiger partial charge on any atom is -0.471 e. The largest absolute Gasteiger partial charge is 0.471 e. The number of hydrogen-bond donors (Lipinski definition) is 0. The number of ether oxygens (including phenoxy) is 1. The number of benzene rings is 2. The minimum atomic E-state index is -0.237. The van der Waals surface area contributed by atoms with Gasteiger partial charge < -0.3 is 14.2 Å². The number of aromatic nitrogens is 1. The Morgan fingerprint density at radius 3 is 2.56 bits per heavy atom. The number of amides is 1. The highest BCUT2D eigenvalue weighted by Gasteiger charge is 2.22. The molecule has 0 fully saturated rings. The van der Waals surface area contributed by atoms with Gasteiger partial charge in [-0.15, -0.1) is 0 Å². The third-order valence-electron chi connectivity index (χ3n) is 3.90. The fraction of sp³-hybridized carbons (Fsp3) is 0.200. The lowest BCUT2D eigenvalue weighted by molar-refractivity contribution is 0.0952. The molecule has 0 atom stereocenters. The first-order valence-corrected chi connectivity index (χ1v) is 8.20. The third-order valence-corrected chi connectivity index (χ3v) is 3.90. The fourth-order valence-corrected chi connectivity index (χ4v) is 2.58. The zero-order chi connectivity index (χ0) is 17.6. The SMILES string of the molecule is CCN(C(=O)c1cc(OCc2ccccc2)no1)c1ccccc1C. The van der Waals surface area contributed by atoms with Crippen molar-refractivity contribution in [1.29, 1.82) is 0 Å². The first-order valence-electron chi connectivity index (χ1n) is 8.20. The van der Waals surface area contributed by atoms with Crippen LogP contribution in [0.2, 0.25) is 0 Å². The Labute approximate surface area is 146 Å². The van der Waals surface area contributed by atoms with Crippen LogP contribution in [-0.4, -0.2) is 17.6 Å². The minimum absolute atomic E-state index is 0.160. The quantitative estimate of drug-likeness (QED) is 0.676. The van der Waals surface area contributed by atoms with E-state index in [1.807, 2.05) is 68.4 Å². The second-order valence-corrected chi connectivity index (χ2v) is 5.64. The lowest BCUT2D eigenvalue weighted by Gasteiger charge is -2.21. The molecule has 128 valence electrons. The van der Waals surface area contributed by atoms with Crippen molar-refractivity contribution >= 4 is 11.6 Å². The maximum Gasteiger partial charge on any atom is 0.297 e. The van der Waals surface area contributed by atoms with Crippen LogP contribution in [0.3, 0.4) is 0 Å². The van der Waals surface area contributed by atoms with Gasteiger partial charge in [0.15, 0.2) is 0 Å². The third kappa shape index (κ3) is 3.88. The number of anilines is 1. The molecule has 3 aromatic rings. The standard InChI is InChI=1S/C20H20N2O3/c1-3-22(17-12-8-7-9-15(17)2)20(23)18-13-19(21-25-18)24-14-16-10-5-4-6-11-16/h4-13H,3,14H2,1-2H3. The fourth-order valence-electron chi connectivity index (χ4n) is 2.58. The van der Waals surface area contributed by atoms with Crippen LogP contribution in [0.1, 0.15) is 28.6 Å². The lowest BCUT2D eigenvalue weighted by atomic mass is 10.1. The molecular formula is C20H20N2O3. The Kier molecular flexibility index (Phi) is 5.14. The smallest absolute Gasteiger partial charge is 0.297 e. The molecule has 2 aromatic carbocycles. The number of nitrogens with zero attached hydrogens (tertiary/aromatic N) is 2. The van der Waals surface area contributed by atoms with E-state index in [9.17, 15) is 4.79 Å². The van der Waals surface area contributed by atoms with Crippen LogP contribution in [0.25, 0.3) is 0 Å². The molecule has 1 aromatic heterocycles. The van der Waals surface area contributed by atoms with E-state index in [1.54, 1.807) is 4.90 Å². The molecular weight excluding hydrogens is 316 g/mol. The number of aryl methyl sites for hydroxylation is 1. The summed E-state index contributed by atoms with van der Waals surface area (Å²) in [6, 6.07) is 19.0. The molecule has 0 aliphatic carbocycles. The predicted molar refractivity (Wildman–Crippen MR) is 95.8 cm³/mol. The summed E-state index contributed by atoms with van der Waals surface area (Å²) in [7, 11) is 0. The Morgan fingerprint density at radius 2 is 1.84 bits per heavy atom. The summed E-state index contributed by atoms with van der Waals surface area (Å²) in [5.41, 5.74) is 2.91. The number of carbonyl (C=O) groups excluding carboxylic acids is 1. The number of para-hydroxylation sites is 1. The lowest BCUT2D eigenvalue weighted by Crippen LogP contribution is -2.30. The van der Waals surface area contributed by atoms with Crippen molar-refractivity contribution in [3.05, 3.63) is 77.6 Å². The summed E-state index contributed by atoms with van der Waals surface area (Å²) >= 11 is 0. The van der Waals surface area contributed by atoms with Crippen LogP contribution >= 0.6 is 0 Å². The van der Waals surface area contributed by atoms with Crippen molar-refractivity contribution in [1.82, 2.24) is 5.16 Å². The molecule has 0 saturated carbocycles. The van der Waals surface area contributed by atoms with Gasteiger partial charge in [0, 0.05) is 12.2 Å². The van der Waals surface area contributed by atoms with Crippen molar-refractivity contribution < 1.29 is 14.1 Å². The van der Waals surface area contributed by atoms with Gasteiger partial charge in [0.1, 0.15) is 6.61 Å². The topological polar surface area (TPSA) is 55.6 Å². The molecule has 5 heteroatoms. The molecule has 0 unspecified atom stereocenters. The van der Waals surface area contributed by atoms with E-state index in [1.165, 1.54) is 6.07 Å². The molecule has 0 spiro atoms. The van der Waals surface area contributed by atoms with Gasteiger partial charge in [0.25, 0.3) is 11.8 Å². The van der Waals surface area contributed by atoms with Gasteiger partial charge >= 0.3 is 0 Å². The van der Waals surface area contributed by atoms with E-state index in [-0.39, 0.29) is 11.7 Å². The Morgan fingerprint density at radius 1 is 1.12 bits per heavy atom. The molecule has 0 bridgehead atoms. The van der Waals surface area contributed by atoms with Gasteiger partial charge in [-0.2, -0.15) is 0 Å². The van der Waals surface area contributed by atoms with Gasteiger partial charge in [-0.05, 0) is 36.2 Å². The Hall–Kier alpha value is -3.08. The average molecular weight is 336 g/mol. The maximum absolute atomic E-state index is 12.8. The molecule has 25 heavy (non-hydrogen) atoms. The van der Waals surface area contributed by atoms with E-state index in [0.29, 0.717) is 19.0 Å². The summed E-state index contributed by atoms with van der Waals surface area (Å²) in [5, 5.41) is 3.84. The summed E-state index contributed by atoms with van der Waals surface area (Å²) < 4.78 is 10.8. The van der Waals surface area contributed by atoms with E-state index in [2.05, 4.69) is 5.16 Å². The predicted octanol–water partition coefficient (Wildman–Crippen LogP) is 4.23. The normalized spacial score (nSPS) is 10.5. The van der Waals surface area contributed by atoms with Crippen LogP contribution in [0, 0.1) is 6.92 Å². The van der Waals surface area contributed by atoms with Crippen LogP contribution in [-0.2, 0) is 6.61 Å². The highest BCUT2D eigenvalue weighted by molar-refractivity contribution is 6.04. The maximum atomic E-state index is 12.8. The highest BCUT2D eigenvalue weighted by Crippen LogP contribution is 2.23. The van der Waals surface area contributed by atoms with Gasteiger partial charge in [-0.25, -0.2) is 0 Å². The molecule has 5 nitrogen and oxygen atoms in total. The Balaban J connectivity index is 1.72. The van der Waals surface area contributed by atoms with Crippen molar-refractivity contribution in [3.8, 4) is 5.88 Å². The van der Waals surface area contributed by atoms with Crippen LogP contribution in [0.15, 0.2) is 65.2 Å². The monoisotopic (exact) mass is 336 g/mol. The molecule has 0 N–H and O–H groups in total. The molecule has 0 saturated heterocycles. The molecule has 0 aliphatic rings. The summed E-state index contributed by atoms with van der Waals surface area (Å²) in [6.07, 6.45) is 0. The van der Waals surface area contributed by atoms with E-state index in [4.69, 9.17) is 9.26 Å². The first kappa shape index (κ1) is 16.8. The van der Waals surface area contributed by atoms with Crippen molar-refractivity contribution in [2.45, 2.75) is 20.5 Å². The Bertz CT molecular complexity index is 843.